The topological polar surface area (TPSA) is 23.6 Å². The highest BCUT2D eigenvalue weighted by molar-refractivity contribution is 9.09. The zero-order chi connectivity index (χ0) is 8.97. The molecular weight excluding hydrogens is 300 g/mol. The summed E-state index contributed by atoms with van der Waals surface area (Å²) >= 11 is 3.41. The van der Waals surface area contributed by atoms with Crippen molar-refractivity contribution in [1.82, 2.24) is 9.80 Å². The summed E-state index contributed by atoms with van der Waals surface area (Å²) in [6.07, 6.45) is 0. The molecule has 0 aliphatic carbocycles. The third-order valence-corrected chi connectivity index (χ3v) is 2.57. The van der Waals surface area contributed by atoms with Crippen LogP contribution in [0.1, 0.15) is 6.92 Å². The van der Waals surface area contributed by atoms with Crippen molar-refractivity contribution in [3.8, 4) is 0 Å². The Kier molecular flexibility index (Phi) is 6.99. The average molecular weight is 315 g/mol. The molecule has 0 spiro atoms. The minimum Gasteiger partial charge on any atom is -1.00 e. The summed E-state index contributed by atoms with van der Waals surface area (Å²) < 4.78 is 0. The van der Waals surface area contributed by atoms with E-state index in [9.17, 15) is 4.79 Å². The van der Waals surface area contributed by atoms with Gasteiger partial charge in [-0.3, -0.25) is 9.69 Å². The molecule has 78 valence electrons. The summed E-state index contributed by atoms with van der Waals surface area (Å²) in [5, 5.41) is 1.02. The monoisotopic (exact) mass is 313 g/mol. The van der Waals surface area contributed by atoms with Crippen LogP contribution >= 0.6 is 15.9 Å². The van der Waals surface area contributed by atoms with Gasteiger partial charge in [0.1, 0.15) is 0 Å². The highest BCUT2D eigenvalue weighted by atomic mass is 79.9. The number of halogens is 2. The molecule has 0 bridgehead atoms. The first-order valence-corrected chi connectivity index (χ1v) is 5.40. The van der Waals surface area contributed by atoms with E-state index in [4.69, 9.17) is 0 Å². The first-order chi connectivity index (χ1) is 5.74. The van der Waals surface area contributed by atoms with Gasteiger partial charge < -0.3 is 21.9 Å². The van der Waals surface area contributed by atoms with Crippen molar-refractivity contribution in [3.05, 3.63) is 0 Å². The van der Waals surface area contributed by atoms with Gasteiger partial charge in [-0.05, 0) is 0 Å². The van der Waals surface area contributed by atoms with Gasteiger partial charge in [-0.25, -0.2) is 0 Å². The lowest BCUT2D eigenvalue weighted by molar-refractivity contribution is -0.130. The molecule has 0 N–H and O–H groups in total. The zero-order valence-electron chi connectivity index (χ0n) is 7.80. The van der Waals surface area contributed by atoms with Crippen LogP contribution in [0.15, 0.2) is 0 Å². The van der Waals surface area contributed by atoms with E-state index in [1.54, 1.807) is 6.92 Å². The van der Waals surface area contributed by atoms with Crippen LogP contribution in [0.2, 0.25) is 0 Å². The molecule has 0 aromatic carbocycles. The third-order valence-electron chi connectivity index (χ3n) is 2.22. The van der Waals surface area contributed by atoms with Gasteiger partial charge in [-0.1, -0.05) is 15.9 Å². The minimum atomic E-state index is 0. The number of amides is 1. The fourth-order valence-corrected chi connectivity index (χ4v) is 1.91. The number of alkyl halides is 1. The SMILES string of the molecule is CC(=O)N1CCN(CCBr)CC1.[Br-]. The maximum atomic E-state index is 11.0. The zero-order valence-corrected chi connectivity index (χ0v) is 11.0. The lowest BCUT2D eigenvalue weighted by Gasteiger charge is -2.33. The van der Waals surface area contributed by atoms with Crippen LogP contribution in [-0.4, -0.2) is 53.8 Å². The Balaban J connectivity index is 0.00000144. The largest absolute Gasteiger partial charge is 1.00 e. The normalized spacial score (nSPS) is 18.2. The molecule has 1 aliphatic rings. The van der Waals surface area contributed by atoms with Crippen LogP contribution in [-0.2, 0) is 4.79 Å². The number of carbonyl (C=O) groups excluding carboxylic acids is 1. The summed E-state index contributed by atoms with van der Waals surface area (Å²) in [5.41, 5.74) is 0. The van der Waals surface area contributed by atoms with E-state index in [0.717, 1.165) is 38.1 Å². The van der Waals surface area contributed by atoms with Gasteiger partial charge in [0.2, 0.25) is 5.91 Å². The molecule has 1 saturated heterocycles. The Hall–Kier alpha value is 0.390. The molecule has 1 amide bonds. The summed E-state index contributed by atoms with van der Waals surface area (Å²) in [7, 11) is 0. The Morgan fingerprint density at radius 1 is 1.31 bits per heavy atom. The summed E-state index contributed by atoms with van der Waals surface area (Å²) in [5.74, 6) is 0.202. The van der Waals surface area contributed by atoms with Crippen molar-refractivity contribution in [3.63, 3.8) is 0 Å². The first kappa shape index (κ1) is 13.4. The molecule has 1 heterocycles. The molecule has 13 heavy (non-hydrogen) atoms. The van der Waals surface area contributed by atoms with Crippen LogP contribution < -0.4 is 17.0 Å². The van der Waals surface area contributed by atoms with Crippen molar-refractivity contribution in [2.45, 2.75) is 6.92 Å². The molecule has 1 rings (SSSR count). The Morgan fingerprint density at radius 3 is 2.23 bits per heavy atom. The maximum Gasteiger partial charge on any atom is 0.219 e. The highest BCUT2D eigenvalue weighted by Crippen LogP contribution is 2.01. The van der Waals surface area contributed by atoms with Crippen LogP contribution in [0.5, 0.6) is 0 Å². The molecule has 1 fully saturated rings. The highest BCUT2D eigenvalue weighted by Gasteiger charge is 2.17. The predicted molar refractivity (Wildman–Crippen MR) is 52.5 cm³/mol. The van der Waals surface area contributed by atoms with Crippen LogP contribution in [0, 0.1) is 0 Å². The molecular formula is C8H15Br2N2O-. The van der Waals surface area contributed by atoms with E-state index in [0.29, 0.717) is 0 Å². The summed E-state index contributed by atoms with van der Waals surface area (Å²) in [4.78, 5) is 15.2. The van der Waals surface area contributed by atoms with Gasteiger partial charge in [0.05, 0.1) is 0 Å². The number of piperazine rings is 1. The van der Waals surface area contributed by atoms with E-state index >= 15 is 0 Å². The summed E-state index contributed by atoms with van der Waals surface area (Å²) in [6, 6.07) is 0. The minimum absolute atomic E-state index is 0. The second-order valence-electron chi connectivity index (χ2n) is 3.04. The van der Waals surface area contributed by atoms with Crippen molar-refractivity contribution in [1.29, 1.82) is 0 Å². The lowest BCUT2D eigenvalue weighted by Crippen LogP contribution is -3.00. The van der Waals surface area contributed by atoms with E-state index in [1.165, 1.54) is 0 Å². The predicted octanol–water partition coefficient (Wildman–Crippen LogP) is -2.45. The smallest absolute Gasteiger partial charge is 0.219 e. The second kappa shape index (κ2) is 6.79. The van der Waals surface area contributed by atoms with Gasteiger partial charge in [-0.15, -0.1) is 0 Å². The van der Waals surface area contributed by atoms with Gasteiger partial charge in [0, 0.05) is 45.0 Å². The van der Waals surface area contributed by atoms with E-state index in [1.807, 2.05) is 4.90 Å². The van der Waals surface area contributed by atoms with Crippen molar-refractivity contribution in [2.24, 2.45) is 0 Å². The van der Waals surface area contributed by atoms with Crippen molar-refractivity contribution in [2.75, 3.05) is 38.1 Å². The fourth-order valence-electron chi connectivity index (χ4n) is 1.41. The van der Waals surface area contributed by atoms with Crippen LogP contribution in [0.4, 0.5) is 0 Å². The molecule has 0 saturated carbocycles. The van der Waals surface area contributed by atoms with E-state index in [2.05, 4.69) is 20.8 Å². The van der Waals surface area contributed by atoms with Crippen molar-refractivity contribution < 1.29 is 21.8 Å². The van der Waals surface area contributed by atoms with E-state index in [-0.39, 0.29) is 22.9 Å². The molecule has 0 aromatic rings. The third kappa shape index (κ3) is 4.42. The number of carbonyl (C=O) groups is 1. The van der Waals surface area contributed by atoms with Gasteiger partial charge in [0.25, 0.3) is 0 Å². The standard InChI is InChI=1S/C8H15BrN2O.BrH/c1-8(12)11-6-4-10(3-2-9)5-7-11;/h2-7H2,1H3;1H/p-1. The van der Waals surface area contributed by atoms with Gasteiger partial charge in [-0.2, -0.15) is 0 Å². The van der Waals surface area contributed by atoms with Crippen LogP contribution in [0.3, 0.4) is 0 Å². The number of nitrogens with zero attached hydrogens (tertiary/aromatic N) is 2. The van der Waals surface area contributed by atoms with Gasteiger partial charge in [0.15, 0.2) is 0 Å². The fraction of sp³-hybridized carbons (Fsp3) is 0.875. The molecule has 0 radical (unpaired) electrons. The van der Waals surface area contributed by atoms with Gasteiger partial charge >= 0.3 is 0 Å². The van der Waals surface area contributed by atoms with Crippen molar-refractivity contribution >= 4 is 21.8 Å². The van der Waals surface area contributed by atoms with E-state index < -0.39 is 0 Å². The molecule has 1 aliphatic heterocycles. The Bertz CT molecular complexity index is 158. The van der Waals surface area contributed by atoms with Crippen LogP contribution in [0.25, 0.3) is 0 Å². The molecule has 0 atom stereocenters. The number of rotatable bonds is 2. The molecule has 5 heteroatoms. The second-order valence-corrected chi connectivity index (χ2v) is 3.83. The maximum absolute atomic E-state index is 11.0. The molecule has 0 unspecified atom stereocenters. The Morgan fingerprint density at radius 2 is 1.85 bits per heavy atom. The molecule has 3 nitrogen and oxygen atoms in total. The quantitative estimate of drug-likeness (QED) is 0.528. The number of hydrogen-bond acceptors (Lipinski definition) is 2. The average Bonchev–Trinajstić information content (AvgIpc) is 2.06. The number of hydrogen-bond donors (Lipinski definition) is 0. The summed E-state index contributed by atoms with van der Waals surface area (Å²) in [6.45, 7) is 6.55. The Labute approximate surface area is 98.3 Å². The molecule has 0 aromatic heterocycles. The lowest BCUT2D eigenvalue weighted by atomic mass is 10.3. The first-order valence-electron chi connectivity index (χ1n) is 4.28.